The molecular formula is C12H18N4O. The van der Waals surface area contributed by atoms with Gasteiger partial charge in [0.1, 0.15) is 11.5 Å². The van der Waals surface area contributed by atoms with Crippen LogP contribution in [0.5, 0.6) is 0 Å². The lowest BCUT2D eigenvalue weighted by molar-refractivity contribution is 0.0682. The number of rotatable bonds is 2. The average molecular weight is 234 g/mol. The molecule has 92 valence electrons. The highest BCUT2D eigenvalue weighted by molar-refractivity contribution is 5.92. The molecule has 5 heteroatoms. The molecule has 2 rings (SSSR count). The fraction of sp³-hybridized carbons (Fsp3) is 0.583. The first kappa shape index (κ1) is 11.8. The zero-order chi connectivity index (χ0) is 12.3. The number of nitrogens with zero attached hydrogens (tertiary/aromatic N) is 3. The van der Waals surface area contributed by atoms with Crippen molar-refractivity contribution >= 4 is 11.7 Å². The van der Waals surface area contributed by atoms with Gasteiger partial charge in [0.05, 0.1) is 12.4 Å². The summed E-state index contributed by atoms with van der Waals surface area (Å²) in [4.78, 5) is 21.8. The van der Waals surface area contributed by atoms with E-state index in [4.69, 9.17) is 5.73 Å². The molecular weight excluding hydrogens is 216 g/mol. The Hall–Kier alpha value is -1.65. The van der Waals surface area contributed by atoms with E-state index >= 15 is 0 Å². The summed E-state index contributed by atoms with van der Waals surface area (Å²) in [6, 6.07) is 0. The van der Waals surface area contributed by atoms with E-state index in [-0.39, 0.29) is 5.91 Å². The van der Waals surface area contributed by atoms with E-state index < -0.39 is 0 Å². The standard InChI is InChI=1S/C12H18N4O/c1-2-9-3-5-16(6-4-9)12(17)10-7-15-11(13)8-14-10/h7-9H,2-6H2,1H3,(H2,13,15). The third-order valence-electron chi connectivity index (χ3n) is 3.37. The smallest absolute Gasteiger partial charge is 0.274 e. The highest BCUT2D eigenvalue weighted by Gasteiger charge is 2.23. The van der Waals surface area contributed by atoms with Gasteiger partial charge in [0, 0.05) is 13.1 Å². The molecule has 5 nitrogen and oxygen atoms in total. The molecule has 0 spiro atoms. The molecule has 0 aliphatic carbocycles. The first-order chi connectivity index (χ1) is 8.20. The van der Waals surface area contributed by atoms with Crippen molar-refractivity contribution in [3.05, 3.63) is 18.1 Å². The quantitative estimate of drug-likeness (QED) is 0.837. The van der Waals surface area contributed by atoms with Gasteiger partial charge in [0.2, 0.25) is 0 Å². The summed E-state index contributed by atoms with van der Waals surface area (Å²) in [5.41, 5.74) is 5.83. The molecule has 0 aromatic carbocycles. The lowest BCUT2D eigenvalue weighted by Gasteiger charge is -2.31. The molecule has 1 amide bonds. The fourth-order valence-corrected chi connectivity index (χ4v) is 2.15. The third-order valence-corrected chi connectivity index (χ3v) is 3.37. The second-order valence-electron chi connectivity index (χ2n) is 4.47. The highest BCUT2D eigenvalue weighted by atomic mass is 16.2. The zero-order valence-electron chi connectivity index (χ0n) is 10.1. The first-order valence-electron chi connectivity index (χ1n) is 6.07. The van der Waals surface area contributed by atoms with Gasteiger partial charge in [0.25, 0.3) is 5.91 Å². The van der Waals surface area contributed by atoms with Crippen molar-refractivity contribution in [1.82, 2.24) is 14.9 Å². The first-order valence-corrected chi connectivity index (χ1v) is 6.07. The van der Waals surface area contributed by atoms with Crippen LogP contribution < -0.4 is 5.73 Å². The van der Waals surface area contributed by atoms with E-state index in [9.17, 15) is 4.79 Å². The molecule has 2 N–H and O–H groups in total. The van der Waals surface area contributed by atoms with Gasteiger partial charge in [-0.25, -0.2) is 9.97 Å². The molecule has 17 heavy (non-hydrogen) atoms. The van der Waals surface area contributed by atoms with Crippen molar-refractivity contribution in [2.75, 3.05) is 18.8 Å². The van der Waals surface area contributed by atoms with Crippen LogP contribution in [0.2, 0.25) is 0 Å². The number of anilines is 1. The molecule has 1 aliphatic heterocycles. The van der Waals surface area contributed by atoms with Crippen molar-refractivity contribution in [2.24, 2.45) is 5.92 Å². The van der Waals surface area contributed by atoms with E-state index in [1.165, 1.54) is 18.8 Å². The molecule has 1 saturated heterocycles. The molecule has 0 unspecified atom stereocenters. The van der Waals surface area contributed by atoms with E-state index in [1.807, 2.05) is 4.90 Å². The number of amides is 1. The minimum Gasteiger partial charge on any atom is -0.382 e. The molecule has 0 radical (unpaired) electrons. The van der Waals surface area contributed by atoms with Crippen LogP contribution in [0.25, 0.3) is 0 Å². The minimum absolute atomic E-state index is 0.0351. The van der Waals surface area contributed by atoms with Crippen molar-refractivity contribution in [1.29, 1.82) is 0 Å². The SMILES string of the molecule is CCC1CCN(C(=O)c2cnc(N)cn2)CC1. The van der Waals surface area contributed by atoms with Crippen LogP contribution in [0.3, 0.4) is 0 Å². The van der Waals surface area contributed by atoms with Crippen molar-refractivity contribution in [3.8, 4) is 0 Å². The summed E-state index contributed by atoms with van der Waals surface area (Å²) in [6.45, 7) is 3.85. The molecule has 0 atom stereocenters. The number of hydrogen-bond acceptors (Lipinski definition) is 4. The van der Waals surface area contributed by atoms with Crippen molar-refractivity contribution < 1.29 is 4.79 Å². The van der Waals surface area contributed by atoms with Crippen molar-refractivity contribution in [2.45, 2.75) is 26.2 Å². The second kappa shape index (κ2) is 5.12. The Balaban J connectivity index is 1.99. The zero-order valence-corrected chi connectivity index (χ0v) is 10.1. The Labute approximate surface area is 101 Å². The van der Waals surface area contributed by atoms with Crippen molar-refractivity contribution in [3.63, 3.8) is 0 Å². The Bertz CT molecular complexity index is 382. The number of piperidine rings is 1. The number of aromatic nitrogens is 2. The van der Waals surface area contributed by atoms with Gasteiger partial charge in [0.15, 0.2) is 0 Å². The van der Waals surface area contributed by atoms with E-state index in [2.05, 4.69) is 16.9 Å². The second-order valence-corrected chi connectivity index (χ2v) is 4.47. The van der Waals surface area contributed by atoms with Gasteiger partial charge in [-0.3, -0.25) is 4.79 Å². The normalized spacial score (nSPS) is 17.1. The molecule has 0 saturated carbocycles. The van der Waals surface area contributed by atoms with Crippen LogP contribution >= 0.6 is 0 Å². The largest absolute Gasteiger partial charge is 0.382 e. The van der Waals surface area contributed by atoms with E-state index in [0.29, 0.717) is 11.5 Å². The maximum absolute atomic E-state index is 12.1. The van der Waals surface area contributed by atoms with Crippen LogP contribution in [-0.4, -0.2) is 33.9 Å². The van der Waals surface area contributed by atoms with E-state index in [0.717, 1.165) is 31.8 Å². The number of nitrogen functional groups attached to an aromatic ring is 1. The predicted octanol–water partition coefficient (Wildman–Crippen LogP) is 1.32. The Morgan fingerprint density at radius 2 is 2.12 bits per heavy atom. The summed E-state index contributed by atoms with van der Waals surface area (Å²) in [5, 5.41) is 0. The number of carbonyl (C=O) groups is 1. The topological polar surface area (TPSA) is 72.1 Å². The minimum atomic E-state index is -0.0351. The lowest BCUT2D eigenvalue weighted by Crippen LogP contribution is -2.38. The van der Waals surface area contributed by atoms with Gasteiger partial charge in [-0.1, -0.05) is 13.3 Å². The Morgan fingerprint density at radius 3 is 2.65 bits per heavy atom. The summed E-state index contributed by atoms with van der Waals surface area (Å²) >= 11 is 0. The van der Waals surface area contributed by atoms with Crippen LogP contribution in [0.4, 0.5) is 5.82 Å². The number of likely N-dealkylation sites (tertiary alicyclic amines) is 1. The van der Waals surface area contributed by atoms with Gasteiger partial charge < -0.3 is 10.6 Å². The van der Waals surface area contributed by atoms with Crippen LogP contribution in [0.1, 0.15) is 36.7 Å². The van der Waals surface area contributed by atoms with Gasteiger partial charge in [-0.15, -0.1) is 0 Å². The third kappa shape index (κ3) is 2.72. The molecule has 1 aromatic heterocycles. The van der Waals surface area contributed by atoms with Gasteiger partial charge in [-0.05, 0) is 18.8 Å². The van der Waals surface area contributed by atoms with Gasteiger partial charge in [-0.2, -0.15) is 0 Å². The molecule has 1 aromatic rings. The summed E-state index contributed by atoms with van der Waals surface area (Å²) < 4.78 is 0. The monoisotopic (exact) mass is 234 g/mol. The fourth-order valence-electron chi connectivity index (χ4n) is 2.15. The van der Waals surface area contributed by atoms with Crippen LogP contribution in [0.15, 0.2) is 12.4 Å². The summed E-state index contributed by atoms with van der Waals surface area (Å²) in [5.74, 6) is 1.06. The van der Waals surface area contributed by atoms with E-state index in [1.54, 1.807) is 0 Å². The Kier molecular flexibility index (Phi) is 3.56. The number of carbonyl (C=O) groups excluding carboxylic acids is 1. The maximum atomic E-state index is 12.1. The molecule has 0 bridgehead atoms. The molecule has 1 fully saturated rings. The summed E-state index contributed by atoms with van der Waals surface area (Å²) in [6.07, 6.45) is 6.24. The lowest BCUT2D eigenvalue weighted by atomic mass is 9.94. The maximum Gasteiger partial charge on any atom is 0.274 e. The van der Waals surface area contributed by atoms with Crippen LogP contribution in [-0.2, 0) is 0 Å². The van der Waals surface area contributed by atoms with Crippen LogP contribution in [0, 0.1) is 5.92 Å². The predicted molar refractivity (Wildman–Crippen MR) is 65.4 cm³/mol. The van der Waals surface area contributed by atoms with Gasteiger partial charge >= 0.3 is 0 Å². The summed E-state index contributed by atoms with van der Waals surface area (Å²) in [7, 11) is 0. The highest BCUT2D eigenvalue weighted by Crippen LogP contribution is 2.20. The number of hydrogen-bond donors (Lipinski definition) is 1. The Morgan fingerprint density at radius 1 is 1.41 bits per heavy atom. The number of nitrogens with two attached hydrogens (primary N) is 1. The molecule has 1 aliphatic rings. The molecule has 2 heterocycles. The average Bonchev–Trinajstić information content (AvgIpc) is 2.39.